The van der Waals surface area contributed by atoms with Gasteiger partial charge in [-0.1, -0.05) is 18.2 Å². The largest absolute Gasteiger partial charge is 0.378 e. The predicted octanol–water partition coefficient (Wildman–Crippen LogP) is 2.68. The number of nitrogens with one attached hydrogen (secondary N) is 1. The van der Waals surface area contributed by atoms with E-state index in [1.165, 1.54) is 11.3 Å². The summed E-state index contributed by atoms with van der Waals surface area (Å²) in [5.74, 6) is 0.0785. The molecule has 2 aromatic carbocycles. The standard InChI is InChI=1S/C18H18N2O2/c21-18-12-15-11-14(3-6-17(15)19-18)13-1-4-16(5-2-13)20-7-9-22-10-8-20/h1-6,11H,7-10,12H2,(H,19,21). The summed E-state index contributed by atoms with van der Waals surface area (Å²) in [5, 5.41) is 2.87. The van der Waals surface area contributed by atoms with Crippen LogP contribution < -0.4 is 10.2 Å². The van der Waals surface area contributed by atoms with Gasteiger partial charge in [0.25, 0.3) is 0 Å². The van der Waals surface area contributed by atoms with Crippen LogP contribution in [0, 0.1) is 0 Å². The van der Waals surface area contributed by atoms with E-state index in [-0.39, 0.29) is 5.91 Å². The molecule has 1 saturated heterocycles. The third-order valence-corrected chi connectivity index (χ3v) is 4.31. The van der Waals surface area contributed by atoms with Crippen LogP contribution in [0.25, 0.3) is 11.1 Å². The Bertz CT molecular complexity index is 704. The average Bonchev–Trinajstić information content (AvgIpc) is 2.95. The second kappa shape index (κ2) is 5.46. The van der Waals surface area contributed by atoms with Crippen molar-refractivity contribution in [1.82, 2.24) is 0 Å². The van der Waals surface area contributed by atoms with Crippen molar-refractivity contribution in [3.05, 3.63) is 48.0 Å². The molecule has 2 aliphatic heterocycles. The molecule has 0 aliphatic carbocycles. The molecule has 2 aromatic rings. The number of benzene rings is 2. The second-order valence-electron chi connectivity index (χ2n) is 5.74. The van der Waals surface area contributed by atoms with Crippen molar-refractivity contribution in [3.63, 3.8) is 0 Å². The van der Waals surface area contributed by atoms with Gasteiger partial charge in [0.1, 0.15) is 0 Å². The van der Waals surface area contributed by atoms with Crippen LogP contribution in [0.2, 0.25) is 0 Å². The van der Waals surface area contributed by atoms with Crippen molar-refractivity contribution in [2.45, 2.75) is 6.42 Å². The molecule has 1 amide bonds. The lowest BCUT2D eigenvalue weighted by Gasteiger charge is -2.28. The molecule has 2 aliphatic rings. The highest BCUT2D eigenvalue weighted by Gasteiger charge is 2.18. The SMILES string of the molecule is O=C1Cc2cc(-c3ccc(N4CCOCC4)cc3)ccc2N1. The van der Waals surface area contributed by atoms with E-state index in [9.17, 15) is 4.79 Å². The number of anilines is 2. The number of hydrogen-bond acceptors (Lipinski definition) is 3. The smallest absolute Gasteiger partial charge is 0.228 e. The summed E-state index contributed by atoms with van der Waals surface area (Å²) >= 11 is 0. The Balaban J connectivity index is 1.58. The van der Waals surface area contributed by atoms with Crippen molar-refractivity contribution < 1.29 is 9.53 Å². The normalized spacial score (nSPS) is 17.3. The maximum Gasteiger partial charge on any atom is 0.228 e. The first-order chi connectivity index (χ1) is 10.8. The van der Waals surface area contributed by atoms with E-state index in [1.807, 2.05) is 6.07 Å². The first kappa shape index (κ1) is 13.3. The summed E-state index contributed by atoms with van der Waals surface area (Å²) in [6.07, 6.45) is 0.481. The van der Waals surface area contributed by atoms with Gasteiger partial charge in [0.2, 0.25) is 5.91 Å². The highest BCUT2D eigenvalue weighted by Crippen LogP contribution is 2.30. The molecular formula is C18H18N2O2. The van der Waals surface area contributed by atoms with Gasteiger partial charge in [-0.05, 0) is 41.0 Å². The van der Waals surface area contributed by atoms with Crippen LogP contribution in [-0.4, -0.2) is 32.2 Å². The molecule has 1 fully saturated rings. The number of fused-ring (bicyclic) bond motifs is 1. The predicted molar refractivity (Wildman–Crippen MR) is 87.2 cm³/mol. The first-order valence-electron chi connectivity index (χ1n) is 7.65. The van der Waals surface area contributed by atoms with Crippen LogP contribution in [0.5, 0.6) is 0 Å². The van der Waals surface area contributed by atoms with Crippen LogP contribution in [0.1, 0.15) is 5.56 Å². The molecule has 1 N–H and O–H groups in total. The van der Waals surface area contributed by atoms with Gasteiger partial charge in [-0.25, -0.2) is 0 Å². The number of amides is 1. The number of morpholine rings is 1. The summed E-state index contributed by atoms with van der Waals surface area (Å²) < 4.78 is 5.39. The van der Waals surface area contributed by atoms with Crippen LogP contribution in [0.3, 0.4) is 0 Å². The van der Waals surface area contributed by atoms with E-state index >= 15 is 0 Å². The van der Waals surface area contributed by atoms with Crippen molar-refractivity contribution >= 4 is 17.3 Å². The zero-order chi connectivity index (χ0) is 14.9. The van der Waals surface area contributed by atoms with Gasteiger partial charge in [0.05, 0.1) is 19.6 Å². The average molecular weight is 294 g/mol. The summed E-state index contributed by atoms with van der Waals surface area (Å²) in [5.41, 5.74) is 5.60. The molecule has 0 atom stereocenters. The maximum atomic E-state index is 11.4. The second-order valence-corrected chi connectivity index (χ2v) is 5.74. The maximum absolute atomic E-state index is 11.4. The Morgan fingerprint density at radius 2 is 1.68 bits per heavy atom. The molecule has 112 valence electrons. The highest BCUT2D eigenvalue weighted by molar-refractivity contribution is 5.99. The number of carbonyl (C=O) groups excluding carboxylic acids is 1. The summed E-state index contributed by atoms with van der Waals surface area (Å²) in [6.45, 7) is 3.50. The van der Waals surface area contributed by atoms with E-state index in [0.717, 1.165) is 43.1 Å². The molecule has 0 bridgehead atoms. The third-order valence-electron chi connectivity index (χ3n) is 4.31. The lowest BCUT2D eigenvalue weighted by atomic mass is 10.0. The fraction of sp³-hybridized carbons (Fsp3) is 0.278. The molecule has 2 heterocycles. The van der Waals surface area contributed by atoms with E-state index in [0.29, 0.717) is 6.42 Å². The van der Waals surface area contributed by atoms with Crippen molar-refractivity contribution in [1.29, 1.82) is 0 Å². The van der Waals surface area contributed by atoms with Gasteiger partial charge < -0.3 is 15.0 Å². The van der Waals surface area contributed by atoms with E-state index < -0.39 is 0 Å². The van der Waals surface area contributed by atoms with Gasteiger partial charge in [-0.2, -0.15) is 0 Å². The minimum Gasteiger partial charge on any atom is -0.378 e. The minimum absolute atomic E-state index is 0.0785. The Labute approximate surface area is 129 Å². The summed E-state index contributed by atoms with van der Waals surface area (Å²) in [4.78, 5) is 13.8. The molecule has 0 saturated carbocycles. The Morgan fingerprint density at radius 1 is 0.955 bits per heavy atom. The van der Waals surface area contributed by atoms with Gasteiger partial charge in [-0.3, -0.25) is 4.79 Å². The van der Waals surface area contributed by atoms with Gasteiger partial charge >= 0.3 is 0 Å². The lowest BCUT2D eigenvalue weighted by molar-refractivity contribution is -0.115. The van der Waals surface area contributed by atoms with Gasteiger partial charge in [-0.15, -0.1) is 0 Å². The number of carbonyl (C=O) groups is 1. The quantitative estimate of drug-likeness (QED) is 0.926. The third kappa shape index (κ3) is 2.46. The molecular weight excluding hydrogens is 276 g/mol. The van der Waals surface area contributed by atoms with Crippen molar-refractivity contribution in [2.24, 2.45) is 0 Å². The Hall–Kier alpha value is -2.33. The van der Waals surface area contributed by atoms with E-state index in [2.05, 4.69) is 46.6 Å². The zero-order valence-electron chi connectivity index (χ0n) is 12.3. The van der Waals surface area contributed by atoms with E-state index in [1.54, 1.807) is 0 Å². The zero-order valence-corrected chi connectivity index (χ0v) is 12.3. The van der Waals surface area contributed by atoms with E-state index in [4.69, 9.17) is 4.74 Å². The fourth-order valence-corrected chi connectivity index (χ4v) is 3.10. The van der Waals surface area contributed by atoms with Gasteiger partial charge in [0.15, 0.2) is 0 Å². The minimum atomic E-state index is 0.0785. The molecule has 0 aromatic heterocycles. The van der Waals surface area contributed by atoms with Crippen LogP contribution in [0.15, 0.2) is 42.5 Å². The van der Waals surface area contributed by atoms with Crippen molar-refractivity contribution in [2.75, 3.05) is 36.5 Å². The lowest BCUT2D eigenvalue weighted by Crippen LogP contribution is -2.36. The molecule has 4 heteroatoms. The summed E-state index contributed by atoms with van der Waals surface area (Å²) in [6, 6.07) is 14.8. The van der Waals surface area contributed by atoms with Gasteiger partial charge in [0, 0.05) is 24.5 Å². The van der Waals surface area contributed by atoms with Crippen LogP contribution >= 0.6 is 0 Å². The molecule has 0 radical (unpaired) electrons. The molecule has 4 nitrogen and oxygen atoms in total. The number of rotatable bonds is 2. The number of ether oxygens (including phenoxy) is 1. The molecule has 4 rings (SSSR count). The number of hydrogen-bond donors (Lipinski definition) is 1. The monoisotopic (exact) mass is 294 g/mol. The highest BCUT2D eigenvalue weighted by atomic mass is 16.5. The summed E-state index contributed by atoms with van der Waals surface area (Å²) in [7, 11) is 0. The fourth-order valence-electron chi connectivity index (χ4n) is 3.10. The van der Waals surface area contributed by atoms with Crippen LogP contribution in [-0.2, 0) is 16.0 Å². The number of nitrogens with zero attached hydrogens (tertiary/aromatic N) is 1. The van der Waals surface area contributed by atoms with Crippen molar-refractivity contribution in [3.8, 4) is 11.1 Å². The molecule has 22 heavy (non-hydrogen) atoms. The topological polar surface area (TPSA) is 41.6 Å². The Kier molecular flexibility index (Phi) is 3.31. The Morgan fingerprint density at radius 3 is 2.45 bits per heavy atom. The first-order valence-corrected chi connectivity index (χ1v) is 7.65. The molecule has 0 unspecified atom stereocenters. The molecule has 0 spiro atoms. The van der Waals surface area contributed by atoms with Crippen LogP contribution in [0.4, 0.5) is 11.4 Å².